The van der Waals surface area contributed by atoms with E-state index in [1.54, 1.807) is 36.4 Å². The number of rotatable bonds is 7. The molecule has 0 bridgehead atoms. The molecule has 0 unspecified atom stereocenters. The highest BCUT2D eigenvalue weighted by molar-refractivity contribution is 9.10. The van der Waals surface area contributed by atoms with Crippen molar-refractivity contribution in [3.8, 4) is 0 Å². The fraction of sp³-hybridized carbons (Fsp3) is 0.211. The third kappa shape index (κ3) is 6.49. The van der Waals surface area contributed by atoms with Crippen molar-refractivity contribution >= 4 is 45.3 Å². The Morgan fingerprint density at radius 1 is 1.15 bits per heavy atom. The number of para-hydroxylation sites is 1. The van der Waals surface area contributed by atoms with Crippen molar-refractivity contribution in [3.63, 3.8) is 0 Å². The minimum atomic E-state index is -0.846. The van der Waals surface area contributed by atoms with Crippen molar-refractivity contribution < 1.29 is 14.0 Å². The van der Waals surface area contributed by atoms with Crippen LogP contribution in [0, 0.1) is 5.82 Å². The molecular formula is C19H20BrFN4O2. The van der Waals surface area contributed by atoms with Gasteiger partial charge in [0.05, 0.1) is 11.9 Å². The van der Waals surface area contributed by atoms with E-state index in [4.69, 9.17) is 0 Å². The molecule has 0 radical (unpaired) electrons. The topological polar surface area (TPSA) is 82.6 Å². The van der Waals surface area contributed by atoms with Gasteiger partial charge in [0.15, 0.2) is 0 Å². The average Bonchev–Trinajstić information content (AvgIpc) is 2.65. The van der Waals surface area contributed by atoms with Gasteiger partial charge in [-0.15, -0.1) is 0 Å². The Kier molecular flexibility index (Phi) is 7.94. The maximum Gasteiger partial charge on any atom is 0.329 e. The largest absolute Gasteiger partial charge is 0.353 e. The zero-order valence-corrected chi connectivity index (χ0v) is 16.3. The Morgan fingerprint density at radius 3 is 2.67 bits per heavy atom. The van der Waals surface area contributed by atoms with Crippen LogP contribution in [0.3, 0.4) is 0 Å². The van der Waals surface area contributed by atoms with Crippen LogP contribution in [0.25, 0.3) is 0 Å². The molecule has 8 heteroatoms. The van der Waals surface area contributed by atoms with Gasteiger partial charge in [-0.2, -0.15) is 5.10 Å². The molecule has 2 amide bonds. The Bertz CT molecular complexity index is 842. The number of unbranched alkanes of at least 4 members (excludes halogenated alkanes) is 1. The summed E-state index contributed by atoms with van der Waals surface area (Å²) < 4.78 is 14.6. The monoisotopic (exact) mass is 434 g/mol. The van der Waals surface area contributed by atoms with Crippen molar-refractivity contribution in [2.45, 2.75) is 19.8 Å². The van der Waals surface area contributed by atoms with Crippen molar-refractivity contribution in [1.82, 2.24) is 10.7 Å². The Hall–Kier alpha value is -2.74. The van der Waals surface area contributed by atoms with Crippen LogP contribution in [0.15, 0.2) is 52.0 Å². The van der Waals surface area contributed by atoms with E-state index in [9.17, 15) is 14.0 Å². The van der Waals surface area contributed by atoms with E-state index in [2.05, 4.69) is 37.1 Å². The van der Waals surface area contributed by atoms with Crippen molar-refractivity contribution in [2.24, 2.45) is 5.10 Å². The molecule has 0 aliphatic heterocycles. The minimum absolute atomic E-state index is 0.314. The number of carbonyl (C=O) groups excluding carboxylic acids is 2. The van der Waals surface area contributed by atoms with Gasteiger partial charge in [0.25, 0.3) is 0 Å². The number of hydrazone groups is 1. The predicted octanol–water partition coefficient (Wildman–Crippen LogP) is 3.70. The molecular weight excluding hydrogens is 415 g/mol. The van der Waals surface area contributed by atoms with Gasteiger partial charge in [0.2, 0.25) is 0 Å². The summed E-state index contributed by atoms with van der Waals surface area (Å²) >= 11 is 3.36. The highest BCUT2D eigenvalue weighted by Gasteiger charge is 2.11. The Labute approximate surface area is 165 Å². The fourth-order valence-electron chi connectivity index (χ4n) is 2.13. The number of nitrogens with one attached hydrogen (secondary N) is 3. The van der Waals surface area contributed by atoms with Gasteiger partial charge in [-0.3, -0.25) is 9.59 Å². The van der Waals surface area contributed by atoms with Gasteiger partial charge in [0, 0.05) is 22.3 Å². The molecule has 27 heavy (non-hydrogen) atoms. The molecule has 0 aliphatic rings. The summed E-state index contributed by atoms with van der Waals surface area (Å²) in [5.74, 6) is -1.97. The van der Waals surface area contributed by atoms with Crippen molar-refractivity contribution in [2.75, 3.05) is 11.9 Å². The van der Waals surface area contributed by atoms with Crippen LogP contribution in [0.5, 0.6) is 0 Å². The highest BCUT2D eigenvalue weighted by Crippen LogP contribution is 2.24. The summed E-state index contributed by atoms with van der Waals surface area (Å²) in [6, 6.07) is 11.6. The number of carbonyl (C=O) groups is 2. The molecule has 0 atom stereocenters. The zero-order valence-electron chi connectivity index (χ0n) is 14.8. The molecule has 2 aromatic carbocycles. The molecule has 3 N–H and O–H groups in total. The van der Waals surface area contributed by atoms with Gasteiger partial charge in [-0.25, -0.2) is 9.82 Å². The SMILES string of the molecule is CCCCNC(=O)C(=O)N/N=C\c1cc(Br)ccc1Nc1ccccc1F. The molecule has 0 spiro atoms. The number of halogens is 2. The number of anilines is 2. The molecule has 0 fully saturated rings. The summed E-state index contributed by atoms with van der Waals surface area (Å²) in [6.07, 6.45) is 3.09. The van der Waals surface area contributed by atoms with Crippen LogP contribution in [0.1, 0.15) is 25.3 Å². The van der Waals surface area contributed by atoms with E-state index in [-0.39, 0.29) is 5.82 Å². The second-order valence-corrected chi connectivity index (χ2v) is 6.56. The first-order chi connectivity index (χ1) is 13.0. The van der Waals surface area contributed by atoms with Gasteiger partial charge in [-0.1, -0.05) is 41.4 Å². The third-order valence-electron chi connectivity index (χ3n) is 3.55. The summed E-state index contributed by atoms with van der Waals surface area (Å²) in [5, 5.41) is 9.31. The minimum Gasteiger partial charge on any atom is -0.353 e. The molecule has 2 rings (SSSR count). The van der Waals surface area contributed by atoms with E-state index in [0.29, 0.717) is 23.5 Å². The standard InChI is InChI=1S/C19H20BrFN4O2/c1-2-3-10-22-18(26)19(27)25-23-12-13-11-14(20)8-9-16(13)24-17-7-5-4-6-15(17)21/h4-9,11-12,24H,2-3,10H2,1H3,(H,22,26)(H,25,27)/b23-12-. The first-order valence-electron chi connectivity index (χ1n) is 8.43. The van der Waals surface area contributed by atoms with Gasteiger partial charge in [-0.05, 0) is 36.8 Å². The lowest BCUT2D eigenvalue weighted by Gasteiger charge is -2.11. The summed E-state index contributed by atoms with van der Waals surface area (Å²) in [6.45, 7) is 2.43. The van der Waals surface area contributed by atoms with E-state index < -0.39 is 11.8 Å². The maximum absolute atomic E-state index is 13.9. The number of hydrogen-bond donors (Lipinski definition) is 3. The highest BCUT2D eigenvalue weighted by atomic mass is 79.9. The van der Waals surface area contributed by atoms with E-state index >= 15 is 0 Å². The van der Waals surface area contributed by atoms with E-state index in [1.165, 1.54) is 12.3 Å². The molecule has 0 aromatic heterocycles. The lowest BCUT2D eigenvalue weighted by atomic mass is 10.2. The molecule has 2 aromatic rings. The quantitative estimate of drug-likeness (QED) is 0.269. The molecule has 0 heterocycles. The molecule has 0 saturated carbocycles. The van der Waals surface area contributed by atoms with Crippen LogP contribution in [0.4, 0.5) is 15.8 Å². The smallest absolute Gasteiger partial charge is 0.329 e. The Balaban J connectivity index is 2.06. The number of hydrogen-bond acceptors (Lipinski definition) is 4. The van der Waals surface area contributed by atoms with Gasteiger partial charge < -0.3 is 10.6 Å². The molecule has 0 aliphatic carbocycles. The zero-order chi connectivity index (χ0) is 19.6. The predicted molar refractivity (Wildman–Crippen MR) is 107 cm³/mol. The first-order valence-corrected chi connectivity index (χ1v) is 9.23. The van der Waals surface area contributed by atoms with E-state index in [0.717, 1.165) is 17.3 Å². The first kappa shape index (κ1) is 20.6. The lowest BCUT2D eigenvalue weighted by molar-refractivity contribution is -0.139. The second-order valence-electron chi connectivity index (χ2n) is 5.64. The van der Waals surface area contributed by atoms with Crippen LogP contribution >= 0.6 is 15.9 Å². The van der Waals surface area contributed by atoms with Crippen molar-refractivity contribution in [3.05, 3.63) is 58.3 Å². The van der Waals surface area contributed by atoms with E-state index in [1.807, 2.05) is 6.92 Å². The summed E-state index contributed by atoms with van der Waals surface area (Å²) in [4.78, 5) is 23.3. The average molecular weight is 435 g/mol. The van der Waals surface area contributed by atoms with Crippen LogP contribution in [-0.2, 0) is 9.59 Å². The van der Waals surface area contributed by atoms with Crippen LogP contribution in [-0.4, -0.2) is 24.6 Å². The van der Waals surface area contributed by atoms with Crippen LogP contribution in [0.2, 0.25) is 0 Å². The number of benzene rings is 2. The second kappa shape index (κ2) is 10.4. The lowest BCUT2D eigenvalue weighted by Crippen LogP contribution is -2.38. The fourth-order valence-corrected chi connectivity index (χ4v) is 2.51. The number of amides is 2. The van der Waals surface area contributed by atoms with Gasteiger partial charge in [0.1, 0.15) is 5.82 Å². The Morgan fingerprint density at radius 2 is 1.93 bits per heavy atom. The molecule has 0 saturated heterocycles. The third-order valence-corrected chi connectivity index (χ3v) is 4.04. The van der Waals surface area contributed by atoms with Crippen LogP contribution < -0.4 is 16.1 Å². The number of nitrogens with zero attached hydrogens (tertiary/aromatic N) is 1. The molecule has 6 nitrogen and oxygen atoms in total. The van der Waals surface area contributed by atoms with Crippen molar-refractivity contribution in [1.29, 1.82) is 0 Å². The summed E-state index contributed by atoms with van der Waals surface area (Å²) in [7, 11) is 0. The normalized spacial score (nSPS) is 10.6. The summed E-state index contributed by atoms with van der Waals surface area (Å²) in [5.41, 5.74) is 3.68. The molecule has 142 valence electrons. The maximum atomic E-state index is 13.9. The van der Waals surface area contributed by atoms with Gasteiger partial charge >= 0.3 is 11.8 Å².